The molecule has 24 heavy (non-hydrogen) atoms. The highest BCUT2D eigenvalue weighted by molar-refractivity contribution is 6.33. The van der Waals surface area contributed by atoms with E-state index in [1.807, 2.05) is 44.2 Å². The van der Waals surface area contributed by atoms with Crippen LogP contribution in [0.15, 0.2) is 47.5 Å². The molecule has 6 heteroatoms. The van der Waals surface area contributed by atoms with Gasteiger partial charge in [-0.1, -0.05) is 35.4 Å². The van der Waals surface area contributed by atoms with Crippen molar-refractivity contribution in [1.82, 2.24) is 0 Å². The molecule has 1 amide bonds. The fraction of sp³-hybridized carbons (Fsp3) is 0.222. The molecule has 5 nitrogen and oxygen atoms in total. The van der Waals surface area contributed by atoms with E-state index in [1.165, 1.54) is 5.56 Å². The number of aliphatic imine (C=N–C) groups is 1. The number of benzene rings is 2. The van der Waals surface area contributed by atoms with E-state index >= 15 is 0 Å². The largest absolute Gasteiger partial charge is 0.370 e. The first-order chi connectivity index (χ1) is 11.4. The van der Waals surface area contributed by atoms with Gasteiger partial charge < -0.3 is 16.4 Å². The fourth-order valence-corrected chi connectivity index (χ4v) is 2.32. The van der Waals surface area contributed by atoms with Crippen molar-refractivity contribution in [2.75, 3.05) is 17.2 Å². The van der Waals surface area contributed by atoms with E-state index in [1.54, 1.807) is 12.1 Å². The summed E-state index contributed by atoms with van der Waals surface area (Å²) in [5, 5.41) is 6.27. The van der Waals surface area contributed by atoms with Gasteiger partial charge in [0.2, 0.25) is 5.91 Å². The molecule has 0 bridgehead atoms. The van der Waals surface area contributed by atoms with Gasteiger partial charge in [-0.05, 0) is 43.7 Å². The van der Waals surface area contributed by atoms with Crippen molar-refractivity contribution in [3.8, 4) is 0 Å². The number of hydrogen-bond acceptors (Lipinski definition) is 2. The van der Waals surface area contributed by atoms with Crippen LogP contribution < -0.4 is 16.4 Å². The highest BCUT2D eigenvalue weighted by Gasteiger charge is 2.05. The Morgan fingerprint density at radius 2 is 1.75 bits per heavy atom. The molecule has 0 spiro atoms. The lowest BCUT2D eigenvalue weighted by atomic mass is 10.2. The molecule has 0 unspecified atom stereocenters. The summed E-state index contributed by atoms with van der Waals surface area (Å²) < 4.78 is 0. The Hall–Kier alpha value is -2.53. The second-order valence-electron chi connectivity index (χ2n) is 5.54. The van der Waals surface area contributed by atoms with Crippen LogP contribution in [-0.4, -0.2) is 18.4 Å². The summed E-state index contributed by atoms with van der Waals surface area (Å²) in [6, 6.07) is 13.3. The Bertz CT molecular complexity index is 741. The van der Waals surface area contributed by atoms with Gasteiger partial charge in [0.25, 0.3) is 0 Å². The highest BCUT2D eigenvalue weighted by atomic mass is 35.5. The summed E-state index contributed by atoms with van der Waals surface area (Å²) in [4.78, 5) is 16.1. The van der Waals surface area contributed by atoms with Gasteiger partial charge in [0.1, 0.15) is 0 Å². The van der Waals surface area contributed by atoms with E-state index < -0.39 is 0 Å². The average Bonchev–Trinajstić information content (AvgIpc) is 2.52. The van der Waals surface area contributed by atoms with Gasteiger partial charge in [-0.2, -0.15) is 0 Å². The van der Waals surface area contributed by atoms with Crippen molar-refractivity contribution < 1.29 is 4.79 Å². The van der Waals surface area contributed by atoms with Crippen molar-refractivity contribution in [3.05, 3.63) is 58.6 Å². The lowest BCUT2D eigenvalue weighted by Crippen LogP contribution is -2.23. The normalized spacial score (nSPS) is 11.2. The van der Waals surface area contributed by atoms with Crippen LogP contribution in [0.1, 0.15) is 17.5 Å². The maximum atomic E-state index is 11.9. The molecule has 0 aliphatic rings. The molecule has 2 aromatic carbocycles. The molecule has 126 valence electrons. The molecule has 0 aliphatic heterocycles. The zero-order chi connectivity index (χ0) is 17.5. The van der Waals surface area contributed by atoms with Gasteiger partial charge in [-0.15, -0.1) is 0 Å². The molecule has 0 fully saturated rings. The number of rotatable bonds is 5. The van der Waals surface area contributed by atoms with E-state index in [0.29, 0.717) is 17.3 Å². The number of nitrogens with zero attached hydrogens (tertiary/aromatic N) is 1. The van der Waals surface area contributed by atoms with Gasteiger partial charge in [0, 0.05) is 12.1 Å². The van der Waals surface area contributed by atoms with Gasteiger partial charge in [0.15, 0.2) is 5.96 Å². The van der Waals surface area contributed by atoms with Crippen molar-refractivity contribution >= 4 is 34.8 Å². The summed E-state index contributed by atoms with van der Waals surface area (Å²) in [7, 11) is 0. The number of halogens is 1. The van der Waals surface area contributed by atoms with E-state index in [9.17, 15) is 4.79 Å². The van der Waals surface area contributed by atoms with Crippen LogP contribution in [0.3, 0.4) is 0 Å². The second-order valence-corrected chi connectivity index (χ2v) is 5.95. The van der Waals surface area contributed by atoms with Crippen LogP contribution >= 0.6 is 11.6 Å². The number of guanidine groups is 1. The minimum absolute atomic E-state index is 0.160. The lowest BCUT2D eigenvalue weighted by Gasteiger charge is -2.08. The van der Waals surface area contributed by atoms with Crippen LogP contribution in [0.4, 0.5) is 11.4 Å². The molecule has 0 saturated heterocycles. The standard InChI is InChI=1S/C18H21ClN4O/c1-12-3-6-14(7-4-12)22-18(20)21-10-9-17(24)23-16-8-5-13(2)11-15(16)19/h3-8,11H,9-10H2,1-2H3,(H,23,24)(H3,20,21,22). The third-order valence-corrected chi connectivity index (χ3v) is 3.66. The Balaban J connectivity index is 1.81. The third kappa shape index (κ3) is 5.59. The SMILES string of the molecule is Cc1ccc(NC(N)=NCCC(=O)Nc2ccc(C)cc2Cl)cc1. The first kappa shape index (κ1) is 17.8. The number of nitrogens with one attached hydrogen (secondary N) is 2. The fourth-order valence-electron chi connectivity index (χ4n) is 2.04. The first-order valence-electron chi connectivity index (χ1n) is 7.63. The average molecular weight is 345 g/mol. The van der Waals surface area contributed by atoms with Crippen molar-refractivity contribution in [2.45, 2.75) is 20.3 Å². The number of hydrogen-bond donors (Lipinski definition) is 3. The zero-order valence-corrected chi connectivity index (χ0v) is 14.5. The van der Waals surface area contributed by atoms with Crippen molar-refractivity contribution in [2.24, 2.45) is 10.7 Å². The van der Waals surface area contributed by atoms with Gasteiger partial charge in [0.05, 0.1) is 17.3 Å². The molecule has 0 saturated carbocycles. The summed E-state index contributed by atoms with van der Waals surface area (Å²) >= 11 is 6.09. The Morgan fingerprint density at radius 3 is 2.42 bits per heavy atom. The minimum Gasteiger partial charge on any atom is -0.370 e. The monoisotopic (exact) mass is 344 g/mol. The second kappa shape index (κ2) is 8.36. The maximum Gasteiger partial charge on any atom is 0.226 e. The van der Waals surface area contributed by atoms with Gasteiger partial charge >= 0.3 is 0 Å². The van der Waals surface area contributed by atoms with Crippen LogP contribution in [0.2, 0.25) is 5.02 Å². The smallest absolute Gasteiger partial charge is 0.226 e. The van der Waals surface area contributed by atoms with Crippen LogP contribution in [0.25, 0.3) is 0 Å². The number of aryl methyl sites for hydroxylation is 2. The van der Waals surface area contributed by atoms with E-state index in [0.717, 1.165) is 11.3 Å². The van der Waals surface area contributed by atoms with E-state index in [4.69, 9.17) is 17.3 Å². The lowest BCUT2D eigenvalue weighted by molar-refractivity contribution is -0.116. The summed E-state index contributed by atoms with van der Waals surface area (Å²) in [5.74, 6) is 0.118. The van der Waals surface area contributed by atoms with Crippen LogP contribution in [0, 0.1) is 13.8 Å². The maximum absolute atomic E-state index is 11.9. The Kier molecular flexibility index (Phi) is 6.21. The summed E-state index contributed by atoms with van der Waals surface area (Å²) in [5.41, 5.74) is 9.48. The molecular weight excluding hydrogens is 324 g/mol. The molecule has 0 atom stereocenters. The highest BCUT2D eigenvalue weighted by Crippen LogP contribution is 2.22. The quantitative estimate of drug-likeness (QED) is 0.571. The van der Waals surface area contributed by atoms with Crippen molar-refractivity contribution in [1.29, 1.82) is 0 Å². The number of carbonyl (C=O) groups excluding carboxylic acids is 1. The number of carbonyl (C=O) groups is 1. The van der Waals surface area contributed by atoms with Crippen LogP contribution in [0.5, 0.6) is 0 Å². The van der Waals surface area contributed by atoms with Crippen molar-refractivity contribution in [3.63, 3.8) is 0 Å². The Labute approximate surface area is 146 Å². The molecule has 0 heterocycles. The molecule has 2 rings (SSSR count). The summed E-state index contributed by atoms with van der Waals surface area (Å²) in [6.45, 7) is 4.25. The molecule has 0 aliphatic carbocycles. The molecule has 0 aromatic heterocycles. The van der Waals surface area contributed by atoms with Gasteiger partial charge in [-0.3, -0.25) is 9.79 Å². The van der Waals surface area contributed by atoms with Gasteiger partial charge in [-0.25, -0.2) is 0 Å². The Morgan fingerprint density at radius 1 is 1.08 bits per heavy atom. The summed E-state index contributed by atoms with van der Waals surface area (Å²) in [6.07, 6.45) is 0.223. The predicted octanol–water partition coefficient (Wildman–Crippen LogP) is 3.71. The van der Waals surface area contributed by atoms with E-state index in [2.05, 4.69) is 15.6 Å². The number of amides is 1. The first-order valence-corrected chi connectivity index (χ1v) is 8.01. The molecule has 4 N–H and O–H groups in total. The predicted molar refractivity (Wildman–Crippen MR) is 101 cm³/mol. The number of anilines is 2. The van der Waals surface area contributed by atoms with E-state index in [-0.39, 0.29) is 18.3 Å². The van der Waals surface area contributed by atoms with Crippen LogP contribution in [-0.2, 0) is 4.79 Å². The number of nitrogens with two attached hydrogens (primary N) is 1. The molecule has 0 radical (unpaired) electrons. The minimum atomic E-state index is -0.160. The third-order valence-electron chi connectivity index (χ3n) is 3.34. The molecule has 2 aromatic rings. The zero-order valence-electron chi connectivity index (χ0n) is 13.8. The topological polar surface area (TPSA) is 79.5 Å². The molecular formula is C18H21ClN4O.